The maximum atomic E-state index is 12.2. The summed E-state index contributed by atoms with van der Waals surface area (Å²) in [4.78, 5) is 23.9. The van der Waals surface area contributed by atoms with E-state index in [0.29, 0.717) is 17.2 Å². The van der Waals surface area contributed by atoms with Crippen LogP contribution in [0, 0.1) is 0 Å². The SMILES string of the molecule is COc1ccc(S(=O)(=O)NCC(=O)NNC(=O)c2ccc3c(c2)OCO3)cc1. The van der Waals surface area contributed by atoms with Crippen LogP contribution in [0.1, 0.15) is 10.4 Å². The van der Waals surface area contributed by atoms with Crippen molar-refractivity contribution >= 4 is 21.8 Å². The first-order valence-corrected chi connectivity index (χ1v) is 9.50. The topological polar surface area (TPSA) is 132 Å². The summed E-state index contributed by atoms with van der Waals surface area (Å²) in [7, 11) is -2.43. The number of hydrazine groups is 1. The van der Waals surface area contributed by atoms with E-state index in [2.05, 4.69) is 15.6 Å². The van der Waals surface area contributed by atoms with Crippen LogP contribution in [-0.2, 0) is 14.8 Å². The van der Waals surface area contributed by atoms with Gasteiger partial charge < -0.3 is 14.2 Å². The van der Waals surface area contributed by atoms with E-state index in [-0.39, 0.29) is 17.3 Å². The van der Waals surface area contributed by atoms with Gasteiger partial charge in [-0.2, -0.15) is 0 Å². The maximum absolute atomic E-state index is 12.2. The Morgan fingerprint density at radius 2 is 1.75 bits per heavy atom. The molecule has 0 unspecified atom stereocenters. The molecule has 0 fully saturated rings. The number of rotatable bonds is 6. The lowest BCUT2D eigenvalue weighted by Crippen LogP contribution is -2.46. The summed E-state index contributed by atoms with van der Waals surface area (Å²) in [6.45, 7) is -0.485. The van der Waals surface area contributed by atoms with Gasteiger partial charge in [-0.15, -0.1) is 0 Å². The second-order valence-electron chi connectivity index (χ2n) is 5.57. The number of amides is 2. The Hall–Kier alpha value is -3.31. The molecular formula is C17H17N3O7S. The lowest BCUT2D eigenvalue weighted by Gasteiger charge is -2.10. The molecule has 1 aliphatic heterocycles. The molecule has 28 heavy (non-hydrogen) atoms. The van der Waals surface area contributed by atoms with Gasteiger partial charge >= 0.3 is 0 Å². The highest BCUT2D eigenvalue weighted by Crippen LogP contribution is 2.32. The first-order valence-electron chi connectivity index (χ1n) is 8.01. The molecule has 10 nitrogen and oxygen atoms in total. The van der Waals surface area contributed by atoms with E-state index in [9.17, 15) is 18.0 Å². The molecule has 0 saturated carbocycles. The van der Waals surface area contributed by atoms with E-state index in [1.165, 1.54) is 43.5 Å². The minimum atomic E-state index is -3.89. The van der Waals surface area contributed by atoms with E-state index < -0.39 is 28.4 Å². The Labute approximate surface area is 160 Å². The van der Waals surface area contributed by atoms with E-state index in [1.807, 2.05) is 0 Å². The van der Waals surface area contributed by atoms with Gasteiger partial charge in [0.2, 0.25) is 16.8 Å². The van der Waals surface area contributed by atoms with Gasteiger partial charge in [0, 0.05) is 5.56 Å². The van der Waals surface area contributed by atoms with E-state index in [0.717, 1.165) is 0 Å². The van der Waals surface area contributed by atoms with Crippen molar-refractivity contribution in [3.63, 3.8) is 0 Å². The van der Waals surface area contributed by atoms with Gasteiger partial charge in [-0.05, 0) is 42.5 Å². The average molecular weight is 407 g/mol. The normalized spacial score (nSPS) is 12.3. The van der Waals surface area contributed by atoms with Crippen LogP contribution in [0.4, 0.5) is 0 Å². The first-order chi connectivity index (χ1) is 13.4. The number of fused-ring (bicyclic) bond motifs is 1. The molecule has 2 aromatic carbocycles. The zero-order valence-corrected chi connectivity index (χ0v) is 15.5. The van der Waals surface area contributed by atoms with Gasteiger partial charge in [0.15, 0.2) is 11.5 Å². The highest BCUT2D eigenvalue weighted by Gasteiger charge is 2.18. The largest absolute Gasteiger partial charge is 0.497 e. The zero-order chi connectivity index (χ0) is 20.1. The van der Waals surface area contributed by atoms with Crippen LogP contribution < -0.4 is 29.8 Å². The molecule has 0 aliphatic carbocycles. The van der Waals surface area contributed by atoms with Crippen LogP contribution >= 0.6 is 0 Å². The number of sulfonamides is 1. The highest BCUT2D eigenvalue weighted by atomic mass is 32.2. The number of carbonyl (C=O) groups is 2. The molecule has 148 valence electrons. The van der Waals surface area contributed by atoms with Gasteiger partial charge in [-0.3, -0.25) is 20.4 Å². The number of nitrogens with one attached hydrogen (secondary N) is 3. The number of methoxy groups -OCH3 is 1. The maximum Gasteiger partial charge on any atom is 0.269 e. The molecule has 3 N–H and O–H groups in total. The summed E-state index contributed by atoms with van der Waals surface area (Å²) in [5.74, 6) is 0.110. The van der Waals surface area contributed by atoms with Gasteiger partial charge in [0.25, 0.3) is 11.8 Å². The Kier molecular flexibility index (Phi) is 5.66. The number of ether oxygens (including phenoxy) is 3. The third-order valence-corrected chi connectivity index (χ3v) is 5.16. The van der Waals surface area contributed by atoms with Crippen LogP contribution in [0.3, 0.4) is 0 Å². The van der Waals surface area contributed by atoms with Crippen molar-refractivity contribution in [3.05, 3.63) is 48.0 Å². The van der Waals surface area contributed by atoms with Crippen molar-refractivity contribution in [2.75, 3.05) is 20.4 Å². The van der Waals surface area contributed by atoms with Gasteiger partial charge in [-0.25, -0.2) is 13.1 Å². The molecule has 0 aromatic heterocycles. The quantitative estimate of drug-likeness (QED) is 0.581. The summed E-state index contributed by atoms with van der Waals surface area (Å²) in [6, 6.07) is 10.2. The number of hydrogen-bond donors (Lipinski definition) is 3. The molecule has 2 aromatic rings. The van der Waals surface area contributed by atoms with Crippen molar-refractivity contribution in [1.82, 2.24) is 15.6 Å². The molecule has 0 bridgehead atoms. The first kappa shape index (κ1) is 19.5. The van der Waals surface area contributed by atoms with E-state index in [4.69, 9.17) is 14.2 Å². The minimum absolute atomic E-state index is 0.0227. The summed E-state index contributed by atoms with van der Waals surface area (Å²) in [5, 5.41) is 0. The fourth-order valence-corrected chi connectivity index (χ4v) is 3.26. The zero-order valence-electron chi connectivity index (χ0n) is 14.7. The Morgan fingerprint density at radius 3 is 2.46 bits per heavy atom. The van der Waals surface area contributed by atoms with Crippen LogP contribution in [-0.4, -0.2) is 40.7 Å². The summed E-state index contributed by atoms with van der Waals surface area (Å²) in [5.41, 5.74) is 4.57. The van der Waals surface area contributed by atoms with Crippen molar-refractivity contribution in [2.45, 2.75) is 4.90 Å². The van der Waals surface area contributed by atoms with Gasteiger partial charge in [0.1, 0.15) is 5.75 Å². The lowest BCUT2D eigenvalue weighted by molar-refractivity contribution is -0.120. The molecule has 0 saturated heterocycles. The average Bonchev–Trinajstić information content (AvgIpc) is 3.18. The van der Waals surface area contributed by atoms with Gasteiger partial charge in [0.05, 0.1) is 18.6 Å². The third-order valence-electron chi connectivity index (χ3n) is 3.74. The van der Waals surface area contributed by atoms with Crippen LogP contribution in [0.25, 0.3) is 0 Å². The number of hydrogen-bond acceptors (Lipinski definition) is 7. The standard InChI is InChI=1S/C17H17N3O7S/c1-25-12-3-5-13(6-4-12)28(23,24)18-9-16(21)19-20-17(22)11-2-7-14-15(8-11)27-10-26-14/h2-8,18H,9-10H2,1H3,(H,19,21)(H,20,22). The van der Waals surface area contributed by atoms with Crippen molar-refractivity contribution < 1.29 is 32.2 Å². The molecule has 0 atom stereocenters. The Morgan fingerprint density at radius 1 is 1.04 bits per heavy atom. The highest BCUT2D eigenvalue weighted by molar-refractivity contribution is 7.89. The van der Waals surface area contributed by atoms with Crippen molar-refractivity contribution in [1.29, 1.82) is 0 Å². The second kappa shape index (κ2) is 8.15. The molecule has 1 aliphatic rings. The molecule has 0 spiro atoms. The minimum Gasteiger partial charge on any atom is -0.497 e. The Bertz CT molecular complexity index is 990. The molecule has 0 radical (unpaired) electrons. The molecule has 2 amide bonds. The third kappa shape index (κ3) is 4.50. The van der Waals surface area contributed by atoms with Gasteiger partial charge in [-0.1, -0.05) is 0 Å². The van der Waals surface area contributed by atoms with E-state index >= 15 is 0 Å². The fraction of sp³-hybridized carbons (Fsp3) is 0.176. The summed E-state index contributed by atoms with van der Waals surface area (Å²) in [6.07, 6.45) is 0. The predicted molar refractivity (Wildman–Crippen MR) is 96.4 cm³/mol. The predicted octanol–water partition coefficient (Wildman–Crippen LogP) is 0.163. The summed E-state index contributed by atoms with van der Waals surface area (Å²) < 4.78 is 41.7. The molecular weight excluding hydrogens is 390 g/mol. The van der Waals surface area contributed by atoms with Crippen molar-refractivity contribution in [2.24, 2.45) is 0 Å². The van der Waals surface area contributed by atoms with Crippen LogP contribution in [0.5, 0.6) is 17.2 Å². The van der Waals surface area contributed by atoms with Crippen LogP contribution in [0.15, 0.2) is 47.4 Å². The molecule has 3 rings (SSSR count). The number of benzene rings is 2. The number of carbonyl (C=O) groups excluding carboxylic acids is 2. The smallest absolute Gasteiger partial charge is 0.269 e. The molecule has 11 heteroatoms. The lowest BCUT2D eigenvalue weighted by atomic mass is 10.2. The second-order valence-corrected chi connectivity index (χ2v) is 7.34. The Balaban J connectivity index is 1.50. The monoisotopic (exact) mass is 407 g/mol. The van der Waals surface area contributed by atoms with E-state index in [1.54, 1.807) is 6.07 Å². The van der Waals surface area contributed by atoms with Crippen LogP contribution in [0.2, 0.25) is 0 Å². The summed E-state index contributed by atoms with van der Waals surface area (Å²) >= 11 is 0. The fourth-order valence-electron chi connectivity index (χ4n) is 2.28. The molecule has 1 heterocycles. The van der Waals surface area contributed by atoms with Crippen molar-refractivity contribution in [3.8, 4) is 17.2 Å².